The van der Waals surface area contributed by atoms with Crippen LogP contribution in [0.25, 0.3) is 5.65 Å². The molecule has 6 heteroatoms. The Bertz CT molecular complexity index is 441. The lowest BCUT2D eigenvalue weighted by Crippen LogP contribution is -2.08. The highest BCUT2D eigenvalue weighted by Gasteiger charge is 2.01. The van der Waals surface area contributed by atoms with Crippen molar-refractivity contribution in [2.45, 2.75) is 0 Å². The molecule has 0 saturated carbocycles. The second-order valence-electron chi connectivity index (χ2n) is 2.03. The molecular formula is C5H5N5O. The van der Waals surface area contributed by atoms with Gasteiger partial charge in [0.15, 0.2) is 0 Å². The van der Waals surface area contributed by atoms with E-state index in [1.807, 2.05) is 0 Å². The van der Waals surface area contributed by atoms with Crippen molar-refractivity contribution in [3.8, 4) is 0 Å². The Kier molecular flexibility index (Phi) is 0.974. The molecule has 0 fully saturated rings. The second kappa shape index (κ2) is 1.82. The molecule has 0 radical (unpaired) electrons. The standard InChI is InChI=1S/C5H5N5O/c6-5-8-3-4(11)7-1-2-10(3)9-5/h1-2H,(H2,6,9)(H,7,11). The topological polar surface area (TPSA) is 89.1 Å². The van der Waals surface area contributed by atoms with Crippen LogP contribution in [-0.4, -0.2) is 19.6 Å². The maximum atomic E-state index is 11.0. The van der Waals surface area contributed by atoms with Gasteiger partial charge in [0.1, 0.15) is 0 Å². The number of nitrogens with one attached hydrogen (secondary N) is 1. The molecule has 2 heterocycles. The maximum Gasteiger partial charge on any atom is 0.293 e. The highest BCUT2D eigenvalue weighted by Crippen LogP contribution is 1.92. The molecule has 3 N–H and O–H groups in total. The van der Waals surface area contributed by atoms with Crippen LogP contribution in [0, 0.1) is 0 Å². The van der Waals surface area contributed by atoms with Crippen molar-refractivity contribution in [2.75, 3.05) is 5.73 Å². The summed E-state index contributed by atoms with van der Waals surface area (Å²) >= 11 is 0. The van der Waals surface area contributed by atoms with Gasteiger partial charge < -0.3 is 10.7 Å². The van der Waals surface area contributed by atoms with E-state index in [0.29, 0.717) is 0 Å². The Morgan fingerprint density at radius 2 is 2.45 bits per heavy atom. The Morgan fingerprint density at radius 1 is 1.64 bits per heavy atom. The summed E-state index contributed by atoms with van der Waals surface area (Å²) in [5.41, 5.74) is 5.18. The van der Waals surface area contributed by atoms with Crippen molar-refractivity contribution < 1.29 is 0 Å². The molecular weight excluding hydrogens is 146 g/mol. The molecule has 2 aromatic rings. The molecule has 0 spiro atoms. The average molecular weight is 151 g/mol. The van der Waals surface area contributed by atoms with E-state index in [-0.39, 0.29) is 17.2 Å². The first kappa shape index (κ1) is 5.90. The van der Waals surface area contributed by atoms with Gasteiger partial charge in [-0.2, -0.15) is 4.98 Å². The minimum absolute atomic E-state index is 0.0988. The normalized spacial score (nSPS) is 10.5. The fourth-order valence-corrected chi connectivity index (χ4v) is 0.847. The number of nitrogens with two attached hydrogens (primary N) is 1. The number of aromatic nitrogens is 4. The van der Waals surface area contributed by atoms with Crippen molar-refractivity contribution in [3.05, 3.63) is 22.7 Å². The van der Waals surface area contributed by atoms with Crippen molar-refractivity contribution >= 4 is 11.6 Å². The first-order chi connectivity index (χ1) is 5.27. The highest BCUT2D eigenvalue weighted by molar-refractivity contribution is 5.38. The van der Waals surface area contributed by atoms with Crippen LogP contribution in [0.3, 0.4) is 0 Å². The van der Waals surface area contributed by atoms with Crippen LogP contribution in [0.4, 0.5) is 5.95 Å². The SMILES string of the molecule is Nc1nc2c(=O)[nH]ccn2n1. The monoisotopic (exact) mass is 151 g/mol. The number of anilines is 1. The first-order valence-corrected chi connectivity index (χ1v) is 2.97. The lowest BCUT2D eigenvalue weighted by molar-refractivity contribution is 0.941. The third-order valence-corrected chi connectivity index (χ3v) is 1.28. The molecule has 0 aliphatic rings. The van der Waals surface area contributed by atoms with Gasteiger partial charge in [0.05, 0.1) is 0 Å². The van der Waals surface area contributed by atoms with E-state index in [1.54, 1.807) is 6.20 Å². The van der Waals surface area contributed by atoms with Crippen LogP contribution in [0.1, 0.15) is 0 Å². The largest absolute Gasteiger partial charge is 0.366 e. The molecule has 0 amide bonds. The zero-order valence-corrected chi connectivity index (χ0v) is 5.48. The Morgan fingerprint density at radius 3 is 3.18 bits per heavy atom. The van der Waals surface area contributed by atoms with Crippen molar-refractivity contribution in [1.82, 2.24) is 19.6 Å². The summed E-state index contributed by atoms with van der Waals surface area (Å²) in [6.07, 6.45) is 3.05. The first-order valence-electron chi connectivity index (χ1n) is 2.97. The minimum Gasteiger partial charge on any atom is -0.366 e. The summed E-state index contributed by atoms with van der Waals surface area (Å²) in [5.74, 6) is 0.0988. The number of fused-ring (bicyclic) bond motifs is 1. The number of nitrogens with zero attached hydrogens (tertiary/aromatic N) is 3. The van der Waals surface area contributed by atoms with Gasteiger partial charge in [0.2, 0.25) is 11.6 Å². The summed E-state index contributed by atoms with van der Waals surface area (Å²) in [6, 6.07) is 0. The van der Waals surface area contributed by atoms with Gasteiger partial charge in [-0.15, -0.1) is 5.10 Å². The fraction of sp³-hybridized carbons (Fsp3) is 0. The van der Waals surface area contributed by atoms with E-state index in [0.717, 1.165) is 0 Å². The van der Waals surface area contributed by atoms with E-state index >= 15 is 0 Å². The quantitative estimate of drug-likeness (QED) is 0.505. The van der Waals surface area contributed by atoms with Crippen molar-refractivity contribution in [2.24, 2.45) is 0 Å². The minimum atomic E-state index is -0.295. The van der Waals surface area contributed by atoms with Gasteiger partial charge in [-0.3, -0.25) is 4.79 Å². The van der Waals surface area contributed by atoms with E-state index in [4.69, 9.17) is 5.73 Å². The predicted octanol–water partition coefficient (Wildman–Crippen LogP) is -1.00. The zero-order valence-electron chi connectivity index (χ0n) is 5.48. The summed E-state index contributed by atoms with van der Waals surface area (Å²) in [5, 5.41) is 3.74. The molecule has 0 saturated heterocycles. The number of hydrogen-bond donors (Lipinski definition) is 2. The molecule has 2 aromatic heterocycles. The molecule has 0 unspecified atom stereocenters. The van der Waals surface area contributed by atoms with E-state index in [1.165, 1.54) is 10.7 Å². The number of hydrogen-bond acceptors (Lipinski definition) is 4. The molecule has 0 aliphatic carbocycles. The summed E-state index contributed by atoms with van der Waals surface area (Å²) in [6.45, 7) is 0. The third-order valence-electron chi connectivity index (χ3n) is 1.28. The van der Waals surface area contributed by atoms with Gasteiger partial charge in [-0.25, -0.2) is 4.52 Å². The predicted molar refractivity (Wildman–Crippen MR) is 38.0 cm³/mol. The number of H-pyrrole nitrogens is 1. The lowest BCUT2D eigenvalue weighted by atomic mass is 10.7. The third kappa shape index (κ3) is 0.759. The van der Waals surface area contributed by atoms with E-state index in [2.05, 4.69) is 15.1 Å². The van der Waals surface area contributed by atoms with Gasteiger partial charge in [-0.1, -0.05) is 0 Å². The summed E-state index contributed by atoms with van der Waals surface area (Å²) in [4.78, 5) is 17.1. The molecule has 6 nitrogen and oxygen atoms in total. The Hall–Kier alpha value is -1.85. The second-order valence-corrected chi connectivity index (χ2v) is 2.03. The smallest absolute Gasteiger partial charge is 0.293 e. The number of rotatable bonds is 0. The molecule has 0 aliphatic heterocycles. The number of aromatic amines is 1. The van der Waals surface area contributed by atoms with Gasteiger partial charge in [0, 0.05) is 12.4 Å². The average Bonchev–Trinajstić information content (AvgIpc) is 2.31. The van der Waals surface area contributed by atoms with E-state index in [9.17, 15) is 4.79 Å². The van der Waals surface area contributed by atoms with Crippen LogP contribution < -0.4 is 11.3 Å². The van der Waals surface area contributed by atoms with Gasteiger partial charge in [0.25, 0.3) is 5.56 Å². The lowest BCUT2D eigenvalue weighted by Gasteiger charge is -1.84. The van der Waals surface area contributed by atoms with Crippen molar-refractivity contribution in [1.29, 1.82) is 0 Å². The fourth-order valence-electron chi connectivity index (χ4n) is 0.847. The Labute approximate surface area is 60.7 Å². The van der Waals surface area contributed by atoms with Crippen molar-refractivity contribution in [3.63, 3.8) is 0 Å². The van der Waals surface area contributed by atoms with E-state index < -0.39 is 0 Å². The van der Waals surface area contributed by atoms with Crippen LogP contribution in [0.2, 0.25) is 0 Å². The van der Waals surface area contributed by atoms with Crippen LogP contribution in [0.15, 0.2) is 17.2 Å². The summed E-state index contributed by atoms with van der Waals surface area (Å²) in [7, 11) is 0. The number of nitrogen functional groups attached to an aromatic ring is 1. The van der Waals surface area contributed by atoms with Gasteiger partial charge in [-0.05, 0) is 0 Å². The maximum absolute atomic E-state index is 11.0. The van der Waals surface area contributed by atoms with Crippen LogP contribution in [-0.2, 0) is 0 Å². The molecule has 2 rings (SSSR count). The van der Waals surface area contributed by atoms with Crippen LogP contribution in [0.5, 0.6) is 0 Å². The van der Waals surface area contributed by atoms with Gasteiger partial charge >= 0.3 is 0 Å². The molecule has 0 aromatic carbocycles. The van der Waals surface area contributed by atoms with Crippen LogP contribution >= 0.6 is 0 Å². The molecule has 11 heavy (non-hydrogen) atoms. The molecule has 0 bridgehead atoms. The zero-order chi connectivity index (χ0) is 7.84. The summed E-state index contributed by atoms with van der Waals surface area (Å²) < 4.78 is 1.33. The Balaban J connectivity index is 3.02. The highest BCUT2D eigenvalue weighted by atomic mass is 16.1. The molecule has 56 valence electrons. The molecule has 0 atom stereocenters.